The third-order valence-corrected chi connectivity index (χ3v) is 13.6. The van der Waals surface area contributed by atoms with E-state index in [4.69, 9.17) is 15.0 Å². The van der Waals surface area contributed by atoms with Gasteiger partial charge in [-0.05, 0) is 47.5 Å². The Morgan fingerprint density at radius 2 is 0.794 bits per heavy atom. The van der Waals surface area contributed by atoms with Crippen molar-refractivity contribution in [2.75, 3.05) is 0 Å². The van der Waals surface area contributed by atoms with E-state index in [0.29, 0.717) is 17.5 Å². The van der Waals surface area contributed by atoms with Crippen LogP contribution >= 0.6 is 11.3 Å². The molecule has 0 radical (unpaired) electrons. The van der Waals surface area contributed by atoms with E-state index in [1.165, 1.54) is 58.6 Å². The highest BCUT2D eigenvalue weighted by atomic mass is 32.1. The molecule has 0 aliphatic rings. The number of hydrogen-bond donors (Lipinski definition) is 0. The maximum Gasteiger partial charge on any atom is 0.164 e. The molecule has 0 atom stereocenters. The molecule has 9 aromatic carbocycles. The second kappa shape index (κ2) is 14.2. The van der Waals surface area contributed by atoms with Gasteiger partial charge in [0.05, 0.1) is 32.5 Å². The van der Waals surface area contributed by atoms with E-state index in [-0.39, 0.29) is 0 Å². The van der Waals surface area contributed by atoms with Gasteiger partial charge in [0, 0.05) is 59.4 Å². The number of hydrogen-bond acceptors (Lipinski definition) is 4. The first-order valence-electron chi connectivity index (χ1n) is 21.2. The number of rotatable bonds is 6. The second-order valence-corrected chi connectivity index (χ2v) is 16.9. The summed E-state index contributed by atoms with van der Waals surface area (Å²) in [6, 6.07) is 75.5. The van der Waals surface area contributed by atoms with E-state index in [1.807, 2.05) is 47.7 Å². The van der Waals surface area contributed by atoms with Gasteiger partial charge in [-0.3, -0.25) is 0 Å². The minimum Gasteiger partial charge on any atom is -0.307 e. The average molecular weight is 822 g/mol. The number of benzene rings is 9. The largest absolute Gasteiger partial charge is 0.307 e. The predicted octanol–water partition coefficient (Wildman–Crippen LogP) is 15.1. The predicted molar refractivity (Wildman–Crippen MR) is 263 cm³/mol. The Labute approximate surface area is 366 Å². The van der Waals surface area contributed by atoms with Crippen molar-refractivity contribution in [1.29, 1.82) is 0 Å². The van der Waals surface area contributed by atoms with Crippen LogP contribution in [-0.4, -0.2) is 24.1 Å². The van der Waals surface area contributed by atoms with Gasteiger partial charge in [-0.25, -0.2) is 15.0 Å². The highest BCUT2D eigenvalue weighted by Gasteiger charge is 2.25. The summed E-state index contributed by atoms with van der Waals surface area (Å²) in [5, 5.41) is 7.18. The van der Waals surface area contributed by atoms with Crippen LogP contribution in [0.1, 0.15) is 0 Å². The normalized spacial score (nSPS) is 11.8. The molecule has 63 heavy (non-hydrogen) atoms. The van der Waals surface area contributed by atoms with E-state index < -0.39 is 0 Å². The summed E-state index contributed by atoms with van der Waals surface area (Å²) < 4.78 is 7.36. The van der Waals surface area contributed by atoms with Crippen molar-refractivity contribution < 1.29 is 0 Å². The molecule has 0 bridgehead atoms. The summed E-state index contributed by atoms with van der Waals surface area (Å²) in [6.45, 7) is 0. The molecule has 4 aromatic heterocycles. The lowest BCUT2D eigenvalue weighted by Gasteiger charge is -2.13. The third-order valence-electron chi connectivity index (χ3n) is 12.4. The molecule has 4 heterocycles. The number of fused-ring (bicyclic) bond motifs is 10. The molecule has 13 rings (SSSR count). The Morgan fingerprint density at radius 3 is 1.41 bits per heavy atom. The van der Waals surface area contributed by atoms with Crippen LogP contribution in [-0.2, 0) is 0 Å². The molecule has 0 saturated heterocycles. The van der Waals surface area contributed by atoms with Crippen LogP contribution in [0, 0.1) is 0 Å². The van der Waals surface area contributed by atoms with Crippen molar-refractivity contribution in [2.24, 2.45) is 0 Å². The van der Waals surface area contributed by atoms with Gasteiger partial charge >= 0.3 is 0 Å². The van der Waals surface area contributed by atoms with Gasteiger partial charge in [-0.2, -0.15) is 0 Å². The molecular formula is C57H35N5S. The summed E-state index contributed by atoms with van der Waals surface area (Å²) in [4.78, 5) is 15.6. The van der Waals surface area contributed by atoms with Crippen molar-refractivity contribution in [3.8, 4) is 56.7 Å². The molecule has 0 spiro atoms. The van der Waals surface area contributed by atoms with Crippen LogP contribution in [0.25, 0.3) is 120 Å². The average Bonchev–Trinajstić information content (AvgIpc) is 4.03. The fourth-order valence-electron chi connectivity index (χ4n) is 9.62. The van der Waals surface area contributed by atoms with E-state index >= 15 is 0 Å². The Kier molecular flexibility index (Phi) is 8.01. The van der Waals surface area contributed by atoms with Gasteiger partial charge in [-0.1, -0.05) is 176 Å². The van der Waals surface area contributed by atoms with E-state index in [1.54, 1.807) is 0 Å². The van der Waals surface area contributed by atoms with Crippen LogP contribution in [0.15, 0.2) is 212 Å². The molecule has 0 aliphatic carbocycles. The Balaban J connectivity index is 1.16. The zero-order valence-electron chi connectivity index (χ0n) is 33.9. The van der Waals surface area contributed by atoms with Gasteiger partial charge in [-0.15, -0.1) is 11.3 Å². The monoisotopic (exact) mass is 821 g/mol. The molecule has 13 aromatic rings. The molecule has 0 N–H and O–H groups in total. The Morgan fingerprint density at radius 1 is 0.317 bits per heavy atom. The van der Waals surface area contributed by atoms with Crippen molar-refractivity contribution in [3.63, 3.8) is 0 Å². The van der Waals surface area contributed by atoms with Crippen LogP contribution in [0.4, 0.5) is 0 Å². The van der Waals surface area contributed by atoms with Crippen molar-refractivity contribution in [2.45, 2.75) is 0 Å². The molecule has 0 unspecified atom stereocenters. The molecule has 0 saturated carbocycles. The van der Waals surface area contributed by atoms with Gasteiger partial charge in [0.1, 0.15) is 0 Å². The third kappa shape index (κ3) is 5.52. The van der Waals surface area contributed by atoms with E-state index in [2.05, 4.69) is 185 Å². The maximum atomic E-state index is 5.26. The molecular weight excluding hydrogens is 787 g/mol. The highest BCUT2D eigenvalue weighted by molar-refractivity contribution is 7.27. The molecule has 6 heteroatoms. The standard InChI is InChI=1S/C57H35N5S/c1-5-18-36(19-6-1)40-32-35-46(57-59-55(37-20-7-2-8-21-37)58-56(60-57)38-22-9-3-10-23-38)50-45-28-17-31-49(53(45)63-54(40)50)62-48-30-16-14-27-42(48)44-34-33-43-41-26-13-15-29-47(41)61(51(43)52(44)62)39-24-11-4-12-25-39/h1-35H. The fraction of sp³-hybridized carbons (Fsp3) is 0. The van der Waals surface area contributed by atoms with Crippen LogP contribution in [0.2, 0.25) is 0 Å². The Hall–Kier alpha value is -8.19. The number of para-hydroxylation sites is 3. The zero-order chi connectivity index (χ0) is 41.4. The first kappa shape index (κ1) is 35.6. The minimum atomic E-state index is 0.642. The maximum absolute atomic E-state index is 5.26. The first-order chi connectivity index (χ1) is 31.3. The molecule has 0 fully saturated rings. The van der Waals surface area contributed by atoms with Gasteiger partial charge < -0.3 is 9.13 Å². The lowest BCUT2D eigenvalue weighted by Crippen LogP contribution is -2.00. The lowest BCUT2D eigenvalue weighted by molar-refractivity contribution is 1.08. The van der Waals surface area contributed by atoms with Gasteiger partial charge in [0.25, 0.3) is 0 Å². The fourth-order valence-corrected chi connectivity index (χ4v) is 11.0. The van der Waals surface area contributed by atoms with Crippen LogP contribution in [0.3, 0.4) is 0 Å². The van der Waals surface area contributed by atoms with Crippen LogP contribution in [0.5, 0.6) is 0 Å². The lowest BCUT2D eigenvalue weighted by atomic mass is 9.98. The number of nitrogens with zero attached hydrogens (tertiary/aromatic N) is 5. The molecule has 5 nitrogen and oxygen atoms in total. The second-order valence-electron chi connectivity index (χ2n) is 15.9. The smallest absolute Gasteiger partial charge is 0.164 e. The SMILES string of the molecule is c1ccc(-c2nc(-c3ccccc3)nc(-c3ccc(-c4ccccc4)c4sc5c(-n6c7ccccc7c7ccc8c9ccccc9n(-c9ccccc9)c8c76)cccc5c34)n2)cc1. The Bertz CT molecular complexity index is 3830. The number of thiophene rings is 1. The highest BCUT2D eigenvalue weighted by Crippen LogP contribution is 2.49. The zero-order valence-corrected chi connectivity index (χ0v) is 34.7. The first-order valence-corrected chi connectivity index (χ1v) is 22.0. The molecule has 0 aliphatic heterocycles. The summed E-state index contributed by atoms with van der Waals surface area (Å²) >= 11 is 1.85. The molecule has 294 valence electrons. The quantitative estimate of drug-likeness (QED) is 0.168. The van der Waals surface area contributed by atoms with Crippen molar-refractivity contribution in [1.82, 2.24) is 24.1 Å². The van der Waals surface area contributed by atoms with E-state index in [9.17, 15) is 0 Å². The van der Waals surface area contributed by atoms with Gasteiger partial charge in [0.2, 0.25) is 0 Å². The summed E-state index contributed by atoms with van der Waals surface area (Å²) in [7, 11) is 0. The summed E-state index contributed by atoms with van der Waals surface area (Å²) in [6.07, 6.45) is 0. The topological polar surface area (TPSA) is 48.5 Å². The minimum absolute atomic E-state index is 0.642. The number of aromatic nitrogens is 5. The molecule has 0 amide bonds. The summed E-state index contributed by atoms with van der Waals surface area (Å²) in [5.41, 5.74) is 12.2. The van der Waals surface area contributed by atoms with E-state index in [0.717, 1.165) is 44.4 Å². The van der Waals surface area contributed by atoms with Crippen LogP contribution < -0.4 is 0 Å². The van der Waals surface area contributed by atoms with Crippen molar-refractivity contribution >= 4 is 75.1 Å². The summed E-state index contributed by atoms with van der Waals surface area (Å²) in [5.74, 6) is 1.93. The van der Waals surface area contributed by atoms with Gasteiger partial charge in [0.15, 0.2) is 17.5 Å². The van der Waals surface area contributed by atoms with Crippen molar-refractivity contribution in [3.05, 3.63) is 212 Å².